The third kappa shape index (κ3) is 4.29. The smallest absolute Gasteiger partial charge is 0.283 e. The fourth-order valence-corrected chi connectivity index (χ4v) is 2.43. The Morgan fingerprint density at radius 3 is 2.79 bits per heavy atom. The Balaban J connectivity index is 2.05. The zero-order valence-electron chi connectivity index (χ0n) is 10.2. The minimum absolute atomic E-state index is 0.130. The predicted molar refractivity (Wildman–Crippen MR) is 75.4 cm³/mol. The quantitative estimate of drug-likeness (QED) is 0.757. The lowest BCUT2D eigenvalue weighted by Gasteiger charge is -2.09. The first kappa shape index (κ1) is 14.5. The van der Waals surface area contributed by atoms with E-state index in [0.29, 0.717) is 22.6 Å². The number of hydrogen-bond acceptors (Lipinski definition) is 5. The van der Waals surface area contributed by atoms with E-state index in [1.54, 1.807) is 0 Å². The first-order chi connectivity index (χ1) is 8.87. The topological polar surface area (TPSA) is 107 Å². The van der Waals surface area contributed by atoms with Gasteiger partial charge in [-0.1, -0.05) is 0 Å². The number of sulfonamides is 1. The highest BCUT2D eigenvalue weighted by atomic mass is 79.9. The molecule has 9 heteroatoms. The molecule has 1 heterocycles. The Kier molecular flexibility index (Phi) is 4.26. The Bertz CT molecular complexity index is 624. The highest BCUT2D eigenvalue weighted by molar-refractivity contribution is 9.10. The molecule has 0 spiro atoms. The lowest BCUT2D eigenvalue weighted by Crippen LogP contribution is -2.27. The summed E-state index contributed by atoms with van der Waals surface area (Å²) < 4.78 is 23.4. The first-order valence-corrected chi connectivity index (χ1v) is 8.37. The maximum absolute atomic E-state index is 12.0. The zero-order valence-corrected chi connectivity index (χ0v) is 12.6. The lowest BCUT2D eigenvalue weighted by atomic mass is 10.4. The minimum Gasteiger partial charge on any atom is -0.382 e. The highest BCUT2D eigenvalue weighted by Gasteiger charge is 2.23. The van der Waals surface area contributed by atoms with Crippen LogP contribution >= 0.6 is 15.9 Å². The number of halogens is 1. The van der Waals surface area contributed by atoms with Crippen LogP contribution in [-0.2, 0) is 16.6 Å². The average Bonchev–Trinajstić information content (AvgIpc) is 3.10. The van der Waals surface area contributed by atoms with Gasteiger partial charge in [0.05, 0.1) is 17.6 Å². The van der Waals surface area contributed by atoms with Crippen LogP contribution < -0.4 is 16.0 Å². The van der Waals surface area contributed by atoms with E-state index in [1.165, 1.54) is 10.9 Å². The molecule has 0 saturated heterocycles. The van der Waals surface area contributed by atoms with Gasteiger partial charge in [-0.25, -0.2) is 18.2 Å². The minimum atomic E-state index is -3.51. The Labute approximate surface area is 119 Å². The number of hydrogen-bond donors (Lipinski definition) is 2. The molecule has 0 atom stereocenters. The molecule has 0 unspecified atom stereocenters. The van der Waals surface area contributed by atoms with Gasteiger partial charge in [0.2, 0.25) is 10.0 Å². The van der Waals surface area contributed by atoms with Gasteiger partial charge in [0.1, 0.15) is 4.47 Å². The number of nitrogens with zero attached hydrogens (tertiary/aromatic N) is 2. The summed E-state index contributed by atoms with van der Waals surface area (Å²) >= 11 is 3.21. The summed E-state index contributed by atoms with van der Waals surface area (Å²) in [5.41, 5.74) is 0.258. The van der Waals surface area contributed by atoms with E-state index >= 15 is 0 Å². The van der Waals surface area contributed by atoms with Crippen molar-refractivity contribution < 1.29 is 8.42 Å². The predicted octanol–water partition coefficient (Wildman–Crippen LogP) is 0.116. The van der Waals surface area contributed by atoms with E-state index < -0.39 is 10.0 Å². The van der Waals surface area contributed by atoms with Gasteiger partial charge in [-0.2, -0.15) is 5.10 Å². The van der Waals surface area contributed by atoms with Crippen LogP contribution in [0.15, 0.2) is 15.5 Å². The molecule has 0 radical (unpaired) electrons. The maximum atomic E-state index is 12.0. The summed E-state index contributed by atoms with van der Waals surface area (Å²) in [6.45, 7) is 0.764. The summed E-state index contributed by atoms with van der Waals surface area (Å²) in [5.74, 6) is 0.350. The molecule has 7 nitrogen and oxygen atoms in total. The van der Waals surface area contributed by atoms with E-state index in [0.717, 1.165) is 12.8 Å². The summed E-state index contributed by atoms with van der Waals surface area (Å²) in [6.07, 6.45) is 3.79. The van der Waals surface area contributed by atoms with E-state index in [9.17, 15) is 13.2 Å². The van der Waals surface area contributed by atoms with Crippen molar-refractivity contribution in [3.8, 4) is 0 Å². The SMILES string of the molecule is NS(=O)(=O)CCNc1cnn(CC2CC2)c(=O)c1Br. The van der Waals surface area contributed by atoms with Gasteiger partial charge in [0, 0.05) is 13.1 Å². The van der Waals surface area contributed by atoms with Gasteiger partial charge in [-0.05, 0) is 34.7 Å². The van der Waals surface area contributed by atoms with Crippen molar-refractivity contribution in [2.45, 2.75) is 19.4 Å². The fourth-order valence-electron chi connectivity index (χ4n) is 1.59. The molecular weight excluding hydrogens is 336 g/mol. The molecule has 1 aliphatic carbocycles. The second-order valence-electron chi connectivity index (χ2n) is 4.60. The van der Waals surface area contributed by atoms with Gasteiger partial charge in [-0.15, -0.1) is 0 Å². The van der Waals surface area contributed by atoms with Crippen LogP contribution in [0.4, 0.5) is 5.69 Å². The van der Waals surface area contributed by atoms with Crippen LogP contribution in [0, 0.1) is 5.92 Å². The van der Waals surface area contributed by atoms with Crippen LogP contribution in [0.25, 0.3) is 0 Å². The van der Waals surface area contributed by atoms with Crippen molar-refractivity contribution in [3.05, 3.63) is 21.0 Å². The molecular formula is C10H15BrN4O3S. The van der Waals surface area contributed by atoms with Gasteiger partial charge in [-0.3, -0.25) is 4.79 Å². The molecule has 2 rings (SSSR count). The van der Waals surface area contributed by atoms with Gasteiger partial charge in [0.15, 0.2) is 0 Å². The Hall–Kier alpha value is -0.930. The molecule has 1 saturated carbocycles. The molecule has 1 aliphatic rings. The second kappa shape index (κ2) is 5.59. The number of primary sulfonamides is 1. The van der Waals surface area contributed by atoms with E-state index in [1.807, 2.05) is 0 Å². The zero-order chi connectivity index (χ0) is 14.0. The average molecular weight is 351 g/mol. The summed E-state index contributed by atoms with van der Waals surface area (Å²) in [5, 5.41) is 11.8. The van der Waals surface area contributed by atoms with Crippen molar-refractivity contribution >= 4 is 31.6 Å². The Morgan fingerprint density at radius 1 is 1.53 bits per heavy atom. The van der Waals surface area contributed by atoms with Gasteiger partial charge in [0.25, 0.3) is 5.56 Å². The molecule has 0 amide bonds. The number of anilines is 1. The highest BCUT2D eigenvalue weighted by Crippen LogP contribution is 2.30. The molecule has 3 N–H and O–H groups in total. The fraction of sp³-hybridized carbons (Fsp3) is 0.600. The van der Waals surface area contributed by atoms with Crippen molar-refractivity contribution in [2.75, 3.05) is 17.6 Å². The van der Waals surface area contributed by atoms with E-state index in [2.05, 4.69) is 26.3 Å². The normalized spacial score (nSPS) is 15.5. The van der Waals surface area contributed by atoms with E-state index in [-0.39, 0.29) is 17.9 Å². The number of rotatable bonds is 6. The summed E-state index contributed by atoms with van der Waals surface area (Å²) in [7, 11) is -3.51. The number of aromatic nitrogens is 2. The van der Waals surface area contributed by atoms with Crippen molar-refractivity contribution in [2.24, 2.45) is 11.1 Å². The molecule has 19 heavy (non-hydrogen) atoms. The monoisotopic (exact) mass is 350 g/mol. The second-order valence-corrected chi connectivity index (χ2v) is 7.12. The largest absolute Gasteiger partial charge is 0.382 e. The van der Waals surface area contributed by atoms with Crippen LogP contribution in [0.3, 0.4) is 0 Å². The van der Waals surface area contributed by atoms with Gasteiger partial charge < -0.3 is 5.32 Å². The van der Waals surface area contributed by atoms with Crippen molar-refractivity contribution in [3.63, 3.8) is 0 Å². The summed E-state index contributed by atoms with van der Waals surface area (Å²) in [4.78, 5) is 12.0. The van der Waals surface area contributed by atoms with Crippen molar-refractivity contribution in [1.29, 1.82) is 0 Å². The number of nitrogens with one attached hydrogen (secondary N) is 1. The summed E-state index contributed by atoms with van der Waals surface area (Å²) in [6, 6.07) is 0. The third-order valence-electron chi connectivity index (χ3n) is 2.81. The molecule has 0 bridgehead atoms. The van der Waals surface area contributed by atoms with Crippen molar-refractivity contribution in [1.82, 2.24) is 9.78 Å². The van der Waals surface area contributed by atoms with Crippen LogP contribution in [0.5, 0.6) is 0 Å². The molecule has 1 aromatic rings. The first-order valence-electron chi connectivity index (χ1n) is 5.87. The molecule has 1 fully saturated rings. The lowest BCUT2D eigenvalue weighted by molar-refractivity contribution is 0.532. The van der Waals surface area contributed by atoms with Crippen LogP contribution in [0.1, 0.15) is 12.8 Å². The van der Waals surface area contributed by atoms with Gasteiger partial charge >= 0.3 is 0 Å². The Morgan fingerprint density at radius 2 is 2.21 bits per heavy atom. The molecule has 106 valence electrons. The third-order valence-corrected chi connectivity index (χ3v) is 4.35. The van der Waals surface area contributed by atoms with Crippen LogP contribution in [-0.4, -0.2) is 30.5 Å². The maximum Gasteiger partial charge on any atom is 0.283 e. The molecule has 1 aromatic heterocycles. The molecule has 0 aliphatic heterocycles. The van der Waals surface area contributed by atoms with Crippen LogP contribution in [0.2, 0.25) is 0 Å². The molecule has 0 aromatic carbocycles. The van der Waals surface area contributed by atoms with E-state index in [4.69, 9.17) is 5.14 Å². The number of nitrogens with two attached hydrogens (primary N) is 1. The standard InChI is InChI=1S/C10H15BrN4O3S/c11-9-8(13-3-4-19(12,17)18)5-14-15(10(9)16)6-7-1-2-7/h5,7,13H,1-4,6H2,(H2,12,17,18).